The molecular weight excluding hydrogens is 312 g/mol. The van der Waals surface area contributed by atoms with Crippen molar-refractivity contribution in [3.63, 3.8) is 0 Å². The Hall–Kier alpha value is -2.33. The van der Waals surface area contributed by atoms with Crippen LogP contribution in [0.1, 0.15) is 19.8 Å². The van der Waals surface area contributed by atoms with Crippen molar-refractivity contribution in [2.75, 3.05) is 32.1 Å². The van der Waals surface area contributed by atoms with Gasteiger partial charge in [0.1, 0.15) is 5.75 Å². The number of rotatable bonds is 5. The van der Waals surface area contributed by atoms with E-state index >= 15 is 0 Å². The third-order valence-corrected chi connectivity index (χ3v) is 4.88. The predicted molar refractivity (Wildman–Crippen MR) is 102 cm³/mol. The Kier molecular flexibility index (Phi) is 5.71. The SMILES string of the molecule is CCN1CCCC(C(=O)Nc2ccc(-c3cccc(OC)c3)cc2)C1. The fraction of sp³-hybridized carbons (Fsp3) is 0.381. The van der Waals surface area contributed by atoms with Crippen LogP contribution in [0.15, 0.2) is 48.5 Å². The third kappa shape index (κ3) is 4.40. The number of benzene rings is 2. The molecule has 2 aromatic carbocycles. The van der Waals surface area contributed by atoms with Gasteiger partial charge in [-0.15, -0.1) is 0 Å². The van der Waals surface area contributed by atoms with Gasteiger partial charge in [-0.05, 0) is 61.3 Å². The molecule has 2 aromatic rings. The fourth-order valence-corrected chi connectivity index (χ4v) is 3.35. The van der Waals surface area contributed by atoms with Gasteiger partial charge in [-0.1, -0.05) is 31.2 Å². The van der Waals surface area contributed by atoms with E-state index in [2.05, 4.69) is 23.2 Å². The van der Waals surface area contributed by atoms with Crippen molar-refractivity contribution in [3.05, 3.63) is 48.5 Å². The first-order chi connectivity index (χ1) is 12.2. The Morgan fingerprint density at radius 1 is 1.20 bits per heavy atom. The number of nitrogens with one attached hydrogen (secondary N) is 1. The number of ether oxygens (including phenoxy) is 1. The van der Waals surface area contributed by atoms with E-state index in [1.54, 1.807) is 7.11 Å². The minimum Gasteiger partial charge on any atom is -0.497 e. The van der Waals surface area contributed by atoms with E-state index in [4.69, 9.17) is 4.74 Å². The normalized spacial score (nSPS) is 17.9. The molecule has 1 aliphatic rings. The van der Waals surface area contributed by atoms with E-state index in [9.17, 15) is 4.79 Å². The second-order valence-electron chi connectivity index (χ2n) is 6.53. The van der Waals surface area contributed by atoms with Gasteiger partial charge in [0.25, 0.3) is 0 Å². The summed E-state index contributed by atoms with van der Waals surface area (Å²) in [7, 11) is 1.67. The van der Waals surface area contributed by atoms with E-state index in [1.165, 1.54) is 0 Å². The molecular formula is C21H26N2O2. The second kappa shape index (κ2) is 8.17. The van der Waals surface area contributed by atoms with Crippen LogP contribution in [0.5, 0.6) is 5.75 Å². The van der Waals surface area contributed by atoms with Gasteiger partial charge in [-0.3, -0.25) is 4.79 Å². The first-order valence-electron chi connectivity index (χ1n) is 8.97. The molecule has 0 spiro atoms. The standard InChI is InChI=1S/C21H26N2O2/c1-3-23-13-5-7-18(15-23)21(24)22-19-11-9-16(10-12-19)17-6-4-8-20(14-17)25-2/h4,6,8-12,14,18H,3,5,7,13,15H2,1-2H3,(H,22,24). The molecule has 25 heavy (non-hydrogen) atoms. The lowest BCUT2D eigenvalue weighted by Crippen LogP contribution is -2.40. The molecule has 1 fully saturated rings. The van der Waals surface area contributed by atoms with Crippen LogP contribution in [0.2, 0.25) is 0 Å². The van der Waals surface area contributed by atoms with E-state index in [1.807, 2.05) is 42.5 Å². The minimum atomic E-state index is 0.0896. The van der Waals surface area contributed by atoms with Crippen molar-refractivity contribution >= 4 is 11.6 Å². The lowest BCUT2D eigenvalue weighted by atomic mass is 9.97. The molecule has 1 heterocycles. The molecule has 1 saturated heterocycles. The average molecular weight is 338 g/mol. The number of anilines is 1. The van der Waals surface area contributed by atoms with Gasteiger partial charge in [0.2, 0.25) is 5.91 Å². The van der Waals surface area contributed by atoms with E-state index in [0.29, 0.717) is 0 Å². The summed E-state index contributed by atoms with van der Waals surface area (Å²) in [6, 6.07) is 16.0. The Labute approximate surface area is 149 Å². The Morgan fingerprint density at radius 3 is 2.72 bits per heavy atom. The van der Waals surface area contributed by atoms with Crippen molar-refractivity contribution in [2.24, 2.45) is 5.92 Å². The summed E-state index contributed by atoms with van der Waals surface area (Å²) in [4.78, 5) is 14.9. The molecule has 4 heteroatoms. The molecule has 1 unspecified atom stereocenters. The Bertz CT molecular complexity index is 712. The first-order valence-corrected chi connectivity index (χ1v) is 8.97. The van der Waals surface area contributed by atoms with Gasteiger partial charge < -0.3 is 15.0 Å². The van der Waals surface area contributed by atoms with Crippen LogP contribution >= 0.6 is 0 Å². The largest absolute Gasteiger partial charge is 0.497 e. The average Bonchev–Trinajstić information content (AvgIpc) is 2.68. The van der Waals surface area contributed by atoms with Gasteiger partial charge in [0.05, 0.1) is 13.0 Å². The molecule has 1 amide bonds. The lowest BCUT2D eigenvalue weighted by molar-refractivity contribution is -0.121. The third-order valence-electron chi connectivity index (χ3n) is 4.88. The predicted octanol–water partition coefficient (Wildman–Crippen LogP) is 4.03. The van der Waals surface area contributed by atoms with Crippen molar-refractivity contribution in [1.29, 1.82) is 0 Å². The van der Waals surface area contributed by atoms with Crippen LogP contribution in [-0.2, 0) is 4.79 Å². The lowest BCUT2D eigenvalue weighted by Gasteiger charge is -2.30. The number of carbonyl (C=O) groups is 1. The summed E-state index contributed by atoms with van der Waals surface area (Å²) in [6.07, 6.45) is 2.07. The highest BCUT2D eigenvalue weighted by Crippen LogP contribution is 2.25. The highest BCUT2D eigenvalue weighted by molar-refractivity contribution is 5.93. The smallest absolute Gasteiger partial charge is 0.228 e. The molecule has 0 bridgehead atoms. The molecule has 0 aromatic heterocycles. The fourth-order valence-electron chi connectivity index (χ4n) is 3.35. The van der Waals surface area contributed by atoms with Crippen LogP contribution in [0.25, 0.3) is 11.1 Å². The van der Waals surface area contributed by atoms with E-state index in [0.717, 1.165) is 55.0 Å². The maximum absolute atomic E-state index is 12.5. The number of hydrogen-bond acceptors (Lipinski definition) is 3. The number of amides is 1. The summed E-state index contributed by atoms with van der Waals surface area (Å²) < 4.78 is 5.28. The zero-order valence-electron chi connectivity index (χ0n) is 15.0. The van der Waals surface area contributed by atoms with Gasteiger partial charge in [-0.25, -0.2) is 0 Å². The number of likely N-dealkylation sites (tertiary alicyclic amines) is 1. The zero-order valence-corrected chi connectivity index (χ0v) is 15.0. The minimum absolute atomic E-state index is 0.0896. The van der Waals surface area contributed by atoms with Crippen molar-refractivity contribution in [2.45, 2.75) is 19.8 Å². The van der Waals surface area contributed by atoms with E-state index in [-0.39, 0.29) is 11.8 Å². The van der Waals surface area contributed by atoms with Gasteiger partial charge in [-0.2, -0.15) is 0 Å². The summed E-state index contributed by atoms with van der Waals surface area (Å²) in [5, 5.41) is 3.07. The summed E-state index contributed by atoms with van der Waals surface area (Å²) in [5.41, 5.74) is 3.06. The molecule has 0 saturated carbocycles. The van der Waals surface area contributed by atoms with Crippen molar-refractivity contribution < 1.29 is 9.53 Å². The van der Waals surface area contributed by atoms with E-state index < -0.39 is 0 Å². The zero-order chi connectivity index (χ0) is 17.6. The summed E-state index contributed by atoms with van der Waals surface area (Å²) >= 11 is 0. The van der Waals surface area contributed by atoms with Crippen LogP contribution in [0, 0.1) is 5.92 Å². The second-order valence-corrected chi connectivity index (χ2v) is 6.53. The topological polar surface area (TPSA) is 41.6 Å². The quantitative estimate of drug-likeness (QED) is 0.895. The summed E-state index contributed by atoms with van der Waals surface area (Å²) in [6.45, 7) is 5.14. The monoisotopic (exact) mass is 338 g/mol. The first kappa shape index (κ1) is 17.5. The summed E-state index contributed by atoms with van der Waals surface area (Å²) in [5.74, 6) is 1.06. The molecule has 1 aliphatic heterocycles. The molecule has 4 nitrogen and oxygen atoms in total. The highest BCUT2D eigenvalue weighted by Gasteiger charge is 2.24. The number of nitrogens with zero attached hydrogens (tertiary/aromatic N) is 1. The molecule has 0 radical (unpaired) electrons. The Balaban J connectivity index is 1.65. The van der Waals surface area contributed by atoms with Gasteiger partial charge >= 0.3 is 0 Å². The highest BCUT2D eigenvalue weighted by atomic mass is 16.5. The van der Waals surface area contributed by atoms with Crippen LogP contribution in [0.3, 0.4) is 0 Å². The number of hydrogen-bond donors (Lipinski definition) is 1. The maximum Gasteiger partial charge on any atom is 0.228 e. The van der Waals surface area contributed by atoms with Crippen molar-refractivity contribution in [3.8, 4) is 16.9 Å². The molecule has 132 valence electrons. The van der Waals surface area contributed by atoms with Gasteiger partial charge in [0.15, 0.2) is 0 Å². The number of carbonyl (C=O) groups excluding carboxylic acids is 1. The van der Waals surface area contributed by atoms with Crippen LogP contribution in [-0.4, -0.2) is 37.6 Å². The van der Waals surface area contributed by atoms with Gasteiger partial charge in [0, 0.05) is 12.2 Å². The molecule has 3 rings (SSSR count). The molecule has 0 aliphatic carbocycles. The molecule has 1 atom stereocenters. The van der Waals surface area contributed by atoms with Crippen LogP contribution in [0.4, 0.5) is 5.69 Å². The Morgan fingerprint density at radius 2 is 2.00 bits per heavy atom. The van der Waals surface area contributed by atoms with Crippen LogP contribution < -0.4 is 10.1 Å². The van der Waals surface area contributed by atoms with Crippen molar-refractivity contribution in [1.82, 2.24) is 4.90 Å². The molecule has 1 N–H and O–H groups in total. The number of piperidine rings is 1. The maximum atomic E-state index is 12.5. The number of methoxy groups -OCH3 is 1.